The molecule has 0 bridgehead atoms. The quantitative estimate of drug-likeness (QED) is 0.758. The number of carbonyl (C=O) groups is 1. The van der Waals surface area contributed by atoms with Crippen LogP contribution in [0.15, 0.2) is 42.7 Å². The molecule has 0 saturated heterocycles. The predicted molar refractivity (Wildman–Crippen MR) is 99.8 cm³/mol. The lowest BCUT2D eigenvalue weighted by Crippen LogP contribution is -2.35. The smallest absolute Gasteiger partial charge is 0.274 e. The maximum absolute atomic E-state index is 12.7. The molecule has 0 saturated carbocycles. The monoisotopic (exact) mass is 362 g/mol. The third-order valence-electron chi connectivity index (χ3n) is 4.89. The lowest BCUT2D eigenvalue weighted by molar-refractivity contribution is 0.0767. The first-order valence-electron chi connectivity index (χ1n) is 8.96. The Kier molecular flexibility index (Phi) is 3.78. The number of amides is 1. The van der Waals surface area contributed by atoms with Gasteiger partial charge in [0.2, 0.25) is 0 Å². The number of hydrogen-bond donors (Lipinski definition) is 1. The van der Waals surface area contributed by atoms with Gasteiger partial charge in [0, 0.05) is 19.3 Å². The van der Waals surface area contributed by atoms with Crippen molar-refractivity contribution in [3.05, 3.63) is 54.0 Å². The number of rotatable bonds is 2. The van der Waals surface area contributed by atoms with Crippen LogP contribution in [0.4, 0.5) is 0 Å². The Morgan fingerprint density at radius 2 is 2.04 bits per heavy atom. The summed E-state index contributed by atoms with van der Waals surface area (Å²) in [6, 6.07) is 7.82. The lowest BCUT2D eigenvalue weighted by Gasteiger charge is -2.27. The van der Waals surface area contributed by atoms with Crippen LogP contribution in [0.1, 0.15) is 22.5 Å². The van der Waals surface area contributed by atoms with E-state index in [9.17, 15) is 4.79 Å². The Bertz CT molecular complexity index is 1060. The van der Waals surface area contributed by atoms with Gasteiger partial charge in [0.15, 0.2) is 17.1 Å². The van der Waals surface area contributed by atoms with E-state index in [4.69, 9.17) is 9.47 Å². The zero-order chi connectivity index (χ0) is 18.2. The lowest BCUT2D eigenvalue weighted by atomic mass is 9.98. The van der Waals surface area contributed by atoms with Crippen molar-refractivity contribution < 1.29 is 14.3 Å². The summed E-state index contributed by atoms with van der Waals surface area (Å²) in [6.45, 7) is 2.36. The van der Waals surface area contributed by atoms with Crippen LogP contribution in [-0.2, 0) is 0 Å². The number of H-pyrrole nitrogens is 1. The molecule has 1 amide bonds. The Morgan fingerprint density at radius 3 is 2.89 bits per heavy atom. The maximum atomic E-state index is 12.7. The van der Waals surface area contributed by atoms with Gasteiger partial charge in [-0.3, -0.25) is 4.79 Å². The van der Waals surface area contributed by atoms with Gasteiger partial charge >= 0.3 is 0 Å². The zero-order valence-corrected chi connectivity index (χ0v) is 14.6. The van der Waals surface area contributed by atoms with Crippen LogP contribution in [0.5, 0.6) is 11.5 Å². The van der Waals surface area contributed by atoms with Crippen LogP contribution < -0.4 is 9.47 Å². The van der Waals surface area contributed by atoms with Crippen molar-refractivity contribution >= 4 is 22.6 Å². The van der Waals surface area contributed by atoms with Crippen molar-refractivity contribution in [3.63, 3.8) is 0 Å². The topological polar surface area (TPSA) is 80.3 Å². The molecule has 3 aromatic rings. The molecule has 1 aromatic carbocycles. The molecule has 0 aliphatic carbocycles. The van der Waals surface area contributed by atoms with Crippen molar-refractivity contribution in [3.8, 4) is 11.5 Å². The van der Waals surface area contributed by atoms with Crippen LogP contribution in [0.2, 0.25) is 0 Å². The molecule has 0 radical (unpaired) electrons. The third-order valence-corrected chi connectivity index (χ3v) is 4.89. The summed E-state index contributed by atoms with van der Waals surface area (Å²) in [5, 5.41) is 0. The number of nitrogens with one attached hydrogen (secondary N) is 1. The molecular formula is C20H18N4O3. The minimum atomic E-state index is -0.0944. The van der Waals surface area contributed by atoms with Gasteiger partial charge in [-0.2, -0.15) is 0 Å². The zero-order valence-electron chi connectivity index (χ0n) is 14.6. The SMILES string of the molecule is O=C(c1cnc2[nH]ccc2n1)N1CC=C(c2ccc3c(c2)OCCO3)CC1. The molecular weight excluding hydrogens is 344 g/mol. The number of fused-ring (bicyclic) bond motifs is 2. The van der Waals surface area contributed by atoms with Crippen LogP contribution in [-0.4, -0.2) is 52.1 Å². The minimum absolute atomic E-state index is 0.0944. The largest absolute Gasteiger partial charge is 0.486 e. The number of aromatic amines is 1. The van der Waals surface area contributed by atoms with Crippen LogP contribution in [0.3, 0.4) is 0 Å². The number of benzene rings is 1. The molecule has 1 N–H and O–H groups in total. The van der Waals surface area contributed by atoms with E-state index in [1.165, 1.54) is 11.8 Å². The fraction of sp³-hybridized carbons (Fsp3) is 0.250. The Balaban J connectivity index is 1.34. The highest BCUT2D eigenvalue weighted by atomic mass is 16.6. The second-order valence-electron chi connectivity index (χ2n) is 6.56. The Morgan fingerprint density at radius 1 is 1.15 bits per heavy atom. The van der Waals surface area contributed by atoms with Crippen LogP contribution in [0.25, 0.3) is 16.7 Å². The maximum Gasteiger partial charge on any atom is 0.274 e. The van der Waals surface area contributed by atoms with E-state index < -0.39 is 0 Å². The average molecular weight is 362 g/mol. The van der Waals surface area contributed by atoms with Crippen molar-refractivity contribution in [2.45, 2.75) is 6.42 Å². The van der Waals surface area contributed by atoms with Gasteiger partial charge in [-0.15, -0.1) is 0 Å². The summed E-state index contributed by atoms with van der Waals surface area (Å²) < 4.78 is 11.2. The summed E-state index contributed by atoms with van der Waals surface area (Å²) in [4.78, 5) is 26.2. The summed E-state index contributed by atoms with van der Waals surface area (Å²) in [5.74, 6) is 1.48. The third kappa shape index (κ3) is 2.91. The van der Waals surface area contributed by atoms with Gasteiger partial charge in [-0.25, -0.2) is 9.97 Å². The average Bonchev–Trinajstić information content (AvgIpc) is 3.21. The van der Waals surface area contributed by atoms with Gasteiger partial charge in [0.05, 0.1) is 6.20 Å². The molecule has 27 heavy (non-hydrogen) atoms. The van der Waals surface area contributed by atoms with Crippen molar-refractivity contribution in [2.24, 2.45) is 0 Å². The van der Waals surface area contributed by atoms with E-state index in [0.29, 0.717) is 43.2 Å². The normalized spacial score (nSPS) is 16.3. The molecule has 4 heterocycles. The van der Waals surface area contributed by atoms with E-state index in [1.54, 1.807) is 11.1 Å². The molecule has 2 aliphatic heterocycles. The first-order chi connectivity index (χ1) is 13.3. The van der Waals surface area contributed by atoms with E-state index in [2.05, 4.69) is 21.0 Å². The number of ether oxygens (including phenoxy) is 2. The molecule has 7 nitrogen and oxygen atoms in total. The fourth-order valence-electron chi connectivity index (χ4n) is 3.45. The predicted octanol–water partition coefficient (Wildman–Crippen LogP) is 2.66. The van der Waals surface area contributed by atoms with Gasteiger partial charge in [-0.1, -0.05) is 12.1 Å². The summed E-state index contributed by atoms with van der Waals surface area (Å²) in [6.07, 6.45) is 6.17. The van der Waals surface area contributed by atoms with Crippen LogP contribution >= 0.6 is 0 Å². The summed E-state index contributed by atoms with van der Waals surface area (Å²) >= 11 is 0. The van der Waals surface area contributed by atoms with Crippen molar-refractivity contribution in [1.29, 1.82) is 0 Å². The molecule has 0 spiro atoms. The van der Waals surface area contributed by atoms with Crippen LogP contribution in [0, 0.1) is 0 Å². The highest BCUT2D eigenvalue weighted by molar-refractivity contribution is 5.94. The Labute approximate surface area is 155 Å². The molecule has 136 valence electrons. The highest BCUT2D eigenvalue weighted by Crippen LogP contribution is 2.34. The van der Waals surface area contributed by atoms with E-state index >= 15 is 0 Å². The fourth-order valence-corrected chi connectivity index (χ4v) is 3.45. The standard InChI is InChI=1S/C20H18N4O3/c25-20(16-12-22-19-15(23-16)3-6-21-19)24-7-4-13(5-8-24)14-1-2-17-18(11-14)27-10-9-26-17/h1-4,6,11-12H,5,7-10H2,(H,21,22). The van der Waals surface area contributed by atoms with E-state index in [-0.39, 0.29) is 5.91 Å². The van der Waals surface area contributed by atoms with Crippen molar-refractivity contribution in [1.82, 2.24) is 19.9 Å². The van der Waals surface area contributed by atoms with Gasteiger partial charge in [0.1, 0.15) is 24.4 Å². The number of carbonyl (C=O) groups excluding carboxylic acids is 1. The van der Waals surface area contributed by atoms with Gasteiger partial charge in [-0.05, 0) is 35.8 Å². The number of nitrogens with zero attached hydrogens (tertiary/aromatic N) is 3. The summed E-state index contributed by atoms with van der Waals surface area (Å²) in [7, 11) is 0. The van der Waals surface area contributed by atoms with Gasteiger partial charge < -0.3 is 19.4 Å². The molecule has 2 aromatic heterocycles. The number of hydrogen-bond acceptors (Lipinski definition) is 5. The number of aromatic nitrogens is 3. The first kappa shape index (κ1) is 15.9. The molecule has 0 fully saturated rings. The first-order valence-corrected chi connectivity index (χ1v) is 8.96. The van der Waals surface area contributed by atoms with E-state index in [1.807, 2.05) is 24.3 Å². The molecule has 2 aliphatic rings. The molecule has 7 heteroatoms. The molecule has 0 unspecified atom stereocenters. The minimum Gasteiger partial charge on any atom is -0.486 e. The highest BCUT2D eigenvalue weighted by Gasteiger charge is 2.22. The van der Waals surface area contributed by atoms with Gasteiger partial charge in [0.25, 0.3) is 5.91 Å². The van der Waals surface area contributed by atoms with E-state index in [0.717, 1.165) is 23.5 Å². The second-order valence-corrected chi connectivity index (χ2v) is 6.56. The Hall–Kier alpha value is -3.35. The molecule has 0 atom stereocenters. The summed E-state index contributed by atoms with van der Waals surface area (Å²) in [5.41, 5.74) is 4.08. The molecule has 5 rings (SSSR count). The van der Waals surface area contributed by atoms with Crippen molar-refractivity contribution in [2.75, 3.05) is 26.3 Å². The second kappa shape index (κ2) is 6.42.